The molecule has 32 heavy (non-hydrogen) atoms. The Morgan fingerprint density at radius 1 is 1.09 bits per heavy atom. The van der Waals surface area contributed by atoms with Crippen LogP contribution in [0.3, 0.4) is 0 Å². The van der Waals surface area contributed by atoms with Crippen LogP contribution in [-0.4, -0.2) is 49.7 Å². The van der Waals surface area contributed by atoms with Gasteiger partial charge in [-0.2, -0.15) is 0 Å². The Kier molecular flexibility index (Phi) is 9.07. The van der Waals surface area contributed by atoms with Gasteiger partial charge in [0.15, 0.2) is 0 Å². The molecule has 1 aromatic heterocycles. The van der Waals surface area contributed by atoms with Gasteiger partial charge in [-0.15, -0.1) is 0 Å². The molecule has 1 aromatic carbocycles. The SMILES string of the molecule is CC(C)c1nc(C(C)C(C)O)cc(-c2ccc(F)cc2)c1/C=C/[C@@H](O)C[C@@H](O)CC(=O)O. The van der Waals surface area contributed by atoms with E-state index in [-0.39, 0.29) is 24.1 Å². The quantitative estimate of drug-likeness (QED) is 0.438. The summed E-state index contributed by atoms with van der Waals surface area (Å²) >= 11 is 0. The third-order valence-electron chi connectivity index (χ3n) is 5.41. The number of carbonyl (C=O) groups is 1. The molecule has 7 heteroatoms. The van der Waals surface area contributed by atoms with E-state index in [4.69, 9.17) is 10.1 Å². The summed E-state index contributed by atoms with van der Waals surface area (Å²) in [6, 6.07) is 7.92. The Balaban J connectivity index is 2.55. The third kappa shape index (κ3) is 6.95. The maximum absolute atomic E-state index is 13.5. The molecule has 2 rings (SSSR count). The van der Waals surface area contributed by atoms with Crippen molar-refractivity contribution in [3.05, 3.63) is 59.2 Å². The number of halogens is 1. The zero-order chi connectivity index (χ0) is 24.0. The zero-order valence-electron chi connectivity index (χ0n) is 18.9. The van der Waals surface area contributed by atoms with E-state index in [9.17, 15) is 24.5 Å². The summed E-state index contributed by atoms with van der Waals surface area (Å²) in [5.74, 6) is -1.70. The van der Waals surface area contributed by atoms with Crippen LogP contribution in [0.2, 0.25) is 0 Å². The van der Waals surface area contributed by atoms with E-state index in [0.717, 1.165) is 22.4 Å². The van der Waals surface area contributed by atoms with Gasteiger partial charge in [0.05, 0.1) is 30.4 Å². The number of aromatic nitrogens is 1. The molecule has 6 nitrogen and oxygen atoms in total. The average Bonchev–Trinajstić information content (AvgIpc) is 2.70. The van der Waals surface area contributed by atoms with Crippen molar-refractivity contribution in [2.75, 3.05) is 0 Å². The number of aliphatic carboxylic acids is 1. The van der Waals surface area contributed by atoms with E-state index < -0.39 is 30.7 Å². The van der Waals surface area contributed by atoms with E-state index in [1.165, 1.54) is 18.2 Å². The summed E-state index contributed by atoms with van der Waals surface area (Å²) < 4.78 is 13.5. The van der Waals surface area contributed by atoms with E-state index in [0.29, 0.717) is 5.69 Å². The van der Waals surface area contributed by atoms with Crippen molar-refractivity contribution in [1.29, 1.82) is 0 Å². The number of aliphatic hydroxyl groups excluding tert-OH is 3. The zero-order valence-corrected chi connectivity index (χ0v) is 18.9. The smallest absolute Gasteiger partial charge is 0.305 e. The summed E-state index contributed by atoms with van der Waals surface area (Å²) in [7, 11) is 0. The van der Waals surface area contributed by atoms with Gasteiger partial charge in [-0.3, -0.25) is 9.78 Å². The number of nitrogens with zero attached hydrogens (tertiary/aromatic N) is 1. The first-order chi connectivity index (χ1) is 15.0. The largest absolute Gasteiger partial charge is 0.481 e. The minimum atomic E-state index is -1.17. The van der Waals surface area contributed by atoms with Gasteiger partial charge in [-0.05, 0) is 42.2 Å². The molecule has 0 aliphatic heterocycles. The molecule has 0 radical (unpaired) electrons. The molecule has 2 unspecified atom stereocenters. The monoisotopic (exact) mass is 445 g/mol. The van der Waals surface area contributed by atoms with Crippen LogP contribution in [-0.2, 0) is 4.79 Å². The number of rotatable bonds is 10. The summed E-state index contributed by atoms with van der Waals surface area (Å²) in [6.45, 7) is 7.55. The molecule has 0 saturated carbocycles. The molecule has 0 saturated heterocycles. The Labute approximate surface area is 188 Å². The lowest BCUT2D eigenvalue weighted by Crippen LogP contribution is -2.19. The van der Waals surface area contributed by atoms with Gasteiger partial charge in [0.1, 0.15) is 5.82 Å². The maximum atomic E-state index is 13.5. The molecule has 4 atom stereocenters. The van der Waals surface area contributed by atoms with Crippen LogP contribution in [0, 0.1) is 5.82 Å². The van der Waals surface area contributed by atoms with Crippen LogP contribution < -0.4 is 0 Å². The van der Waals surface area contributed by atoms with Gasteiger partial charge in [0, 0.05) is 23.6 Å². The second-order valence-corrected chi connectivity index (χ2v) is 8.50. The molecule has 0 spiro atoms. The highest BCUT2D eigenvalue weighted by atomic mass is 19.1. The van der Waals surface area contributed by atoms with Crippen LogP contribution in [0.15, 0.2) is 36.4 Å². The predicted molar refractivity (Wildman–Crippen MR) is 122 cm³/mol. The van der Waals surface area contributed by atoms with Crippen LogP contribution in [0.4, 0.5) is 4.39 Å². The van der Waals surface area contributed by atoms with Crippen LogP contribution in [0.1, 0.15) is 69.3 Å². The van der Waals surface area contributed by atoms with Crippen molar-refractivity contribution in [3.8, 4) is 11.1 Å². The topological polar surface area (TPSA) is 111 Å². The highest BCUT2D eigenvalue weighted by Crippen LogP contribution is 2.34. The highest BCUT2D eigenvalue weighted by molar-refractivity contribution is 5.77. The van der Waals surface area contributed by atoms with Gasteiger partial charge in [-0.1, -0.05) is 45.1 Å². The number of benzene rings is 1. The lowest BCUT2D eigenvalue weighted by molar-refractivity contribution is -0.139. The number of carboxylic acids is 1. The summed E-state index contributed by atoms with van der Waals surface area (Å²) in [5.41, 5.74) is 3.73. The molecule has 0 amide bonds. The maximum Gasteiger partial charge on any atom is 0.305 e. The van der Waals surface area contributed by atoms with Gasteiger partial charge in [0.25, 0.3) is 0 Å². The molecule has 0 aliphatic rings. The predicted octanol–water partition coefficient (Wildman–Crippen LogP) is 4.10. The Hall–Kier alpha value is -2.61. The second kappa shape index (κ2) is 11.3. The van der Waals surface area contributed by atoms with Crippen molar-refractivity contribution in [1.82, 2.24) is 4.98 Å². The van der Waals surface area contributed by atoms with Gasteiger partial charge in [-0.25, -0.2) is 4.39 Å². The lowest BCUT2D eigenvalue weighted by atomic mass is 9.90. The number of aliphatic hydroxyl groups is 3. The molecule has 4 N–H and O–H groups in total. The van der Waals surface area contributed by atoms with E-state index in [1.54, 1.807) is 25.1 Å². The van der Waals surface area contributed by atoms with E-state index in [1.807, 2.05) is 26.8 Å². The Morgan fingerprint density at radius 3 is 2.25 bits per heavy atom. The Morgan fingerprint density at radius 2 is 1.72 bits per heavy atom. The first-order valence-electron chi connectivity index (χ1n) is 10.7. The van der Waals surface area contributed by atoms with Gasteiger partial charge in [0.2, 0.25) is 0 Å². The highest BCUT2D eigenvalue weighted by Gasteiger charge is 2.21. The molecule has 174 valence electrons. The fraction of sp³-hybridized carbons (Fsp3) is 0.440. The molecule has 0 fully saturated rings. The number of pyridine rings is 1. The molecular formula is C25H32FNO5. The van der Waals surface area contributed by atoms with Crippen molar-refractivity contribution in [2.45, 2.75) is 70.7 Å². The fourth-order valence-electron chi connectivity index (χ4n) is 3.41. The van der Waals surface area contributed by atoms with Crippen LogP contribution in [0.5, 0.6) is 0 Å². The minimum absolute atomic E-state index is 0.0183. The van der Waals surface area contributed by atoms with Crippen molar-refractivity contribution < 1.29 is 29.6 Å². The normalized spacial score (nSPS) is 15.7. The summed E-state index contributed by atoms with van der Waals surface area (Å²) in [6.07, 6.45) is -0.189. The lowest BCUT2D eigenvalue weighted by Gasteiger charge is -2.21. The van der Waals surface area contributed by atoms with Crippen molar-refractivity contribution in [2.24, 2.45) is 0 Å². The summed E-state index contributed by atoms with van der Waals surface area (Å²) in [5, 5.41) is 39.0. The van der Waals surface area contributed by atoms with Crippen LogP contribution >= 0.6 is 0 Å². The number of hydrogen-bond donors (Lipinski definition) is 4. The second-order valence-electron chi connectivity index (χ2n) is 8.50. The van der Waals surface area contributed by atoms with Crippen LogP contribution in [0.25, 0.3) is 17.2 Å². The Bertz CT molecular complexity index is 940. The number of carboxylic acid groups (broad SMARTS) is 1. The molecule has 1 heterocycles. The first kappa shape index (κ1) is 25.6. The molecule has 0 aliphatic carbocycles. The standard InChI is InChI=1S/C25H32FNO5/c1-14(2)25-21(10-9-19(29)11-20(30)12-24(31)32)22(17-5-7-18(26)8-6-17)13-23(27-25)15(3)16(4)28/h5-10,13-16,19-20,28-30H,11-12H2,1-4H3,(H,31,32)/b10-9+/t15?,16?,19-,20-/m1/s1. The average molecular weight is 446 g/mol. The van der Waals surface area contributed by atoms with Crippen molar-refractivity contribution >= 4 is 12.0 Å². The van der Waals surface area contributed by atoms with Gasteiger partial charge >= 0.3 is 5.97 Å². The minimum Gasteiger partial charge on any atom is -0.481 e. The van der Waals surface area contributed by atoms with Gasteiger partial charge < -0.3 is 20.4 Å². The molecule has 0 bridgehead atoms. The molecular weight excluding hydrogens is 413 g/mol. The van der Waals surface area contributed by atoms with E-state index in [2.05, 4.69) is 0 Å². The summed E-state index contributed by atoms with van der Waals surface area (Å²) in [4.78, 5) is 15.5. The number of hydrogen-bond acceptors (Lipinski definition) is 5. The fourth-order valence-corrected chi connectivity index (χ4v) is 3.41. The van der Waals surface area contributed by atoms with Crippen molar-refractivity contribution in [3.63, 3.8) is 0 Å². The first-order valence-corrected chi connectivity index (χ1v) is 10.7. The molecule has 2 aromatic rings. The third-order valence-corrected chi connectivity index (χ3v) is 5.41. The van der Waals surface area contributed by atoms with E-state index >= 15 is 0 Å².